The first kappa shape index (κ1) is 16.3. The quantitative estimate of drug-likeness (QED) is 0.504. The predicted molar refractivity (Wildman–Crippen MR) is 64.9 cm³/mol. The molecule has 0 radical (unpaired) electrons. The smallest absolute Gasteiger partial charge is 0.363 e. The molecule has 1 fully saturated rings. The summed E-state index contributed by atoms with van der Waals surface area (Å²) in [6.07, 6.45) is -1.60. The van der Waals surface area contributed by atoms with Gasteiger partial charge in [-0.3, -0.25) is 0 Å². The molecule has 7 heteroatoms. The standard InChI is InChI=1S/C13H16F2O5/c1-3-10(16)18-7-5-12(9-20-13(12,14)15)6-8-19-11(17)4-2/h3-4H,1-2,5-9H2. The molecule has 0 aromatic carbocycles. The highest BCUT2D eigenvalue weighted by atomic mass is 19.3. The van der Waals surface area contributed by atoms with Crippen LogP contribution in [0.1, 0.15) is 12.8 Å². The van der Waals surface area contributed by atoms with E-state index in [4.69, 9.17) is 9.47 Å². The Morgan fingerprint density at radius 3 is 1.80 bits per heavy atom. The number of hydrogen-bond donors (Lipinski definition) is 0. The topological polar surface area (TPSA) is 61.8 Å². The molecule has 0 unspecified atom stereocenters. The first-order chi connectivity index (χ1) is 9.37. The van der Waals surface area contributed by atoms with Crippen molar-refractivity contribution in [3.63, 3.8) is 0 Å². The van der Waals surface area contributed by atoms with Crippen LogP contribution in [0.5, 0.6) is 0 Å². The monoisotopic (exact) mass is 290 g/mol. The van der Waals surface area contributed by atoms with E-state index in [1.807, 2.05) is 0 Å². The van der Waals surface area contributed by atoms with Gasteiger partial charge in [0.25, 0.3) is 0 Å². The van der Waals surface area contributed by atoms with Gasteiger partial charge < -0.3 is 14.2 Å². The SMILES string of the molecule is C=CC(=O)OCCC1(CCOC(=O)C=C)COC1(F)F. The molecule has 1 aliphatic rings. The fraction of sp³-hybridized carbons (Fsp3) is 0.538. The lowest BCUT2D eigenvalue weighted by Crippen LogP contribution is -2.58. The summed E-state index contributed by atoms with van der Waals surface area (Å²) in [4.78, 5) is 21.7. The van der Waals surface area contributed by atoms with Crippen LogP contribution >= 0.6 is 0 Å². The van der Waals surface area contributed by atoms with E-state index in [1.54, 1.807) is 0 Å². The van der Waals surface area contributed by atoms with Crippen LogP contribution in [0.2, 0.25) is 0 Å². The van der Waals surface area contributed by atoms with Crippen molar-refractivity contribution in [2.75, 3.05) is 19.8 Å². The molecule has 0 amide bonds. The normalized spacial score (nSPS) is 18.5. The van der Waals surface area contributed by atoms with E-state index in [9.17, 15) is 18.4 Å². The fourth-order valence-corrected chi connectivity index (χ4v) is 1.76. The van der Waals surface area contributed by atoms with E-state index in [0.29, 0.717) is 0 Å². The minimum atomic E-state index is -3.33. The molecule has 1 heterocycles. The molecule has 0 spiro atoms. The van der Waals surface area contributed by atoms with Gasteiger partial charge in [0, 0.05) is 12.2 Å². The lowest BCUT2D eigenvalue weighted by molar-refractivity contribution is -0.410. The molecular weight excluding hydrogens is 274 g/mol. The molecule has 0 bridgehead atoms. The van der Waals surface area contributed by atoms with E-state index in [2.05, 4.69) is 17.9 Å². The number of ether oxygens (including phenoxy) is 3. The summed E-state index contributed by atoms with van der Waals surface area (Å²) in [5, 5.41) is 0. The van der Waals surface area contributed by atoms with E-state index in [1.165, 1.54) is 0 Å². The summed E-state index contributed by atoms with van der Waals surface area (Å²) in [5.41, 5.74) is -1.49. The molecule has 0 aliphatic carbocycles. The van der Waals surface area contributed by atoms with Crippen LogP contribution in [0.15, 0.2) is 25.3 Å². The van der Waals surface area contributed by atoms with Crippen LogP contribution in [-0.2, 0) is 23.8 Å². The average Bonchev–Trinajstić information content (AvgIpc) is 2.43. The molecule has 1 saturated heterocycles. The molecule has 20 heavy (non-hydrogen) atoms. The average molecular weight is 290 g/mol. The summed E-state index contributed by atoms with van der Waals surface area (Å²) in [5.74, 6) is -1.36. The summed E-state index contributed by atoms with van der Waals surface area (Å²) >= 11 is 0. The Hall–Kier alpha value is -1.76. The second kappa shape index (κ2) is 6.60. The first-order valence-electron chi connectivity index (χ1n) is 5.97. The third kappa shape index (κ3) is 3.63. The highest BCUT2D eigenvalue weighted by Crippen LogP contribution is 2.52. The van der Waals surface area contributed by atoms with E-state index in [-0.39, 0.29) is 32.7 Å². The van der Waals surface area contributed by atoms with Crippen LogP contribution in [0.25, 0.3) is 0 Å². The van der Waals surface area contributed by atoms with Crippen molar-refractivity contribution in [1.82, 2.24) is 0 Å². The second-order valence-electron chi connectivity index (χ2n) is 4.33. The number of rotatable bonds is 8. The van der Waals surface area contributed by atoms with Gasteiger partial charge in [-0.25, -0.2) is 9.59 Å². The maximum absolute atomic E-state index is 13.5. The minimum absolute atomic E-state index is 0.0920. The Morgan fingerprint density at radius 2 is 1.55 bits per heavy atom. The van der Waals surface area contributed by atoms with Crippen molar-refractivity contribution in [2.45, 2.75) is 19.0 Å². The zero-order valence-electron chi connectivity index (χ0n) is 10.9. The van der Waals surface area contributed by atoms with Gasteiger partial charge >= 0.3 is 18.0 Å². The molecule has 112 valence electrons. The van der Waals surface area contributed by atoms with Crippen molar-refractivity contribution in [2.24, 2.45) is 5.41 Å². The van der Waals surface area contributed by atoms with Crippen LogP contribution in [-0.4, -0.2) is 37.9 Å². The van der Waals surface area contributed by atoms with Crippen LogP contribution < -0.4 is 0 Å². The number of carbonyl (C=O) groups is 2. The Morgan fingerprint density at radius 1 is 1.10 bits per heavy atom. The molecule has 0 aromatic rings. The van der Waals surface area contributed by atoms with Crippen molar-refractivity contribution >= 4 is 11.9 Å². The third-order valence-corrected chi connectivity index (χ3v) is 3.13. The van der Waals surface area contributed by atoms with E-state index < -0.39 is 23.5 Å². The number of esters is 2. The Bertz CT molecular complexity index is 380. The van der Waals surface area contributed by atoms with Gasteiger partial charge in [0.1, 0.15) is 0 Å². The summed E-state index contributed by atoms with van der Waals surface area (Å²) in [6, 6.07) is 0. The Balaban J connectivity index is 2.50. The van der Waals surface area contributed by atoms with Crippen molar-refractivity contribution in [1.29, 1.82) is 0 Å². The van der Waals surface area contributed by atoms with Gasteiger partial charge in [0.05, 0.1) is 25.2 Å². The van der Waals surface area contributed by atoms with E-state index >= 15 is 0 Å². The van der Waals surface area contributed by atoms with Crippen LogP contribution in [0.3, 0.4) is 0 Å². The maximum atomic E-state index is 13.5. The molecule has 0 saturated carbocycles. The largest absolute Gasteiger partial charge is 0.463 e. The van der Waals surface area contributed by atoms with Gasteiger partial charge in [0.15, 0.2) is 0 Å². The number of hydrogen-bond acceptors (Lipinski definition) is 5. The van der Waals surface area contributed by atoms with Crippen LogP contribution in [0, 0.1) is 5.41 Å². The highest BCUT2D eigenvalue weighted by Gasteiger charge is 2.63. The van der Waals surface area contributed by atoms with Gasteiger partial charge in [-0.05, 0) is 12.8 Å². The van der Waals surface area contributed by atoms with Gasteiger partial charge in [-0.1, -0.05) is 13.2 Å². The molecule has 1 rings (SSSR count). The molecule has 0 N–H and O–H groups in total. The van der Waals surface area contributed by atoms with Crippen LogP contribution in [0.4, 0.5) is 8.78 Å². The number of carbonyl (C=O) groups excluding carboxylic acids is 2. The predicted octanol–water partition coefficient (Wildman–Crippen LogP) is 1.83. The van der Waals surface area contributed by atoms with Crippen molar-refractivity contribution in [3.05, 3.63) is 25.3 Å². The van der Waals surface area contributed by atoms with Crippen molar-refractivity contribution < 1.29 is 32.6 Å². The summed E-state index contributed by atoms with van der Waals surface area (Å²) in [6.45, 7) is 5.86. The second-order valence-corrected chi connectivity index (χ2v) is 4.33. The van der Waals surface area contributed by atoms with E-state index in [0.717, 1.165) is 12.2 Å². The Kier molecular flexibility index (Phi) is 5.38. The molecule has 0 atom stereocenters. The molecule has 0 aromatic heterocycles. The molecular formula is C13H16F2O5. The van der Waals surface area contributed by atoms with Gasteiger partial charge in [-0.15, -0.1) is 0 Å². The lowest BCUT2D eigenvalue weighted by Gasteiger charge is -2.48. The Labute approximate surface area is 115 Å². The van der Waals surface area contributed by atoms with Gasteiger partial charge in [-0.2, -0.15) is 8.78 Å². The summed E-state index contributed by atoms with van der Waals surface area (Å²) < 4.78 is 40.7. The number of alkyl halides is 2. The molecule has 1 aliphatic heterocycles. The maximum Gasteiger partial charge on any atom is 0.363 e. The minimum Gasteiger partial charge on any atom is -0.463 e. The first-order valence-corrected chi connectivity index (χ1v) is 5.97. The summed E-state index contributed by atoms with van der Waals surface area (Å²) in [7, 11) is 0. The highest BCUT2D eigenvalue weighted by molar-refractivity contribution is 5.81. The number of halogens is 2. The zero-order valence-corrected chi connectivity index (χ0v) is 10.9. The fourth-order valence-electron chi connectivity index (χ4n) is 1.76. The molecule has 5 nitrogen and oxygen atoms in total. The van der Waals surface area contributed by atoms with Gasteiger partial charge in [0.2, 0.25) is 0 Å². The lowest BCUT2D eigenvalue weighted by atomic mass is 9.77. The van der Waals surface area contributed by atoms with Crippen molar-refractivity contribution in [3.8, 4) is 0 Å². The third-order valence-electron chi connectivity index (χ3n) is 3.13. The zero-order chi connectivity index (χ0) is 15.2.